The summed E-state index contributed by atoms with van der Waals surface area (Å²) in [6, 6.07) is 4.61. The molecule has 86 valence electrons. The molecule has 0 aliphatic rings. The Labute approximate surface area is 98.1 Å². The maximum absolute atomic E-state index is 11.2. The van der Waals surface area contributed by atoms with E-state index >= 15 is 0 Å². The number of rotatable bonds is 5. The zero-order valence-corrected chi connectivity index (χ0v) is 9.49. The summed E-state index contributed by atoms with van der Waals surface area (Å²) in [4.78, 5) is 21.9. The van der Waals surface area contributed by atoms with Gasteiger partial charge in [-0.25, -0.2) is 0 Å². The summed E-state index contributed by atoms with van der Waals surface area (Å²) >= 11 is 5.39. The quantitative estimate of drug-likeness (QED) is 0.343. The second-order valence-electron chi connectivity index (χ2n) is 2.93. The lowest BCUT2D eigenvalue weighted by Crippen LogP contribution is -2.09. The van der Waals surface area contributed by atoms with Crippen LogP contribution in [-0.2, 0) is 4.79 Å². The number of halogens is 1. The van der Waals surface area contributed by atoms with Crippen molar-refractivity contribution in [1.29, 1.82) is 0 Å². The Hall–Kier alpha value is -1.55. The van der Waals surface area contributed by atoms with Gasteiger partial charge >= 0.3 is 5.97 Å². The Kier molecular flexibility index (Phi) is 4.79. The highest BCUT2D eigenvalue weighted by molar-refractivity contribution is 6.18. The molecule has 0 aliphatic heterocycles. The molecular formula is C11H11ClO4. The molecule has 16 heavy (non-hydrogen) atoms. The lowest BCUT2D eigenvalue weighted by atomic mass is 10.2. The molecule has 1 rings (SSSR count). The summed E-state index contributed by atoms with van der Waals surface area (Å²) < 4.78 is 9.91. The first-order valence-corrected chi connectivity index (χ1v) is 5.14. The first-order chi connectivity index (χ1) is 7.71. The van der Waals surface area contributed by atoms with E-state index < -0.39 is 5.97 Å². The topological polar surface area (TPSA) is 52.6 Å². The van der Waals surface area contributed by atoms with E-state index in [0.29, 0.717) is 12.0 Å². The van der Waals surface area contributed by atoms with E-state index in [-0.39, 0.29) is 23.6 Å². The summed E-state index contributed by atoms with van der Waals surface area (Å²) in [6.07, 6.45) is 0.706. The van der Waals surface area contributed by atoms with Crippen LogP contribution in [0.3, 0.4) is 0 Å². The molecule has 0 aliphatic carbocycles. The number of alkyl halides is 1. The van der Waals surface area contributed by atoms with Crippen LogP contribution in [0, 0.1) is 0 Å². The van der Waals surface area contributed by atoms with Gasteiger partial charge in [0.05, 0.1) is 19.1 Å². The van der Waals surface area contributed by atoms with Crippen LogP contribution in [0.4, 0.5) is 0 Å². The van der Waals surface area contributed by atoms with Gasteiger partial charge in [0.15, 0.2) is 6.29 Å². The normalized spacial score (nSPS) is 9.62. The fraction of sp³-hybridized carbons (Fsp3) is 0.273. The molecule has 0 saturated heterocycles. The highest BCUT2D eigenvalue weighted by Crippen LogP contribution is 2.22. The fourth-order valence-electron chi connectivity index (χ4n) is 1.09. The van der Waals surface area contributed by atoms with Crippen molar-refractivity contribution in [2.24, 2.45) is 0 Å². The van der Waals surface area contributed by atoms with Crippen molar-refractivity contribution in [3.05, 3.63) is 23.8 Å². The van der Waals surface area contributed by atoms with Gasteiger partial charge in [-0.1, -0.05) is 0 Å². The summed E-state index contributed by atoms with van der Waals surface area (Å²) in [5.41, 5.74) is 0.266. The number of aldehydes is 1. The van der Waals surface area contributed by atoms with E-state index in [2.05, 4.69) is 0 Å². The first-order valence-electron chi connectivity index (χ1n) is 4.61. The van der Waals surface area contributed by atoms with Crippen LogP contribution < -0.4 is 9.47 Å². The van der Waals surface area contributed by atoms with Gasteiger partial charge in [0.1, 0.15) is 11.5 Å². The summed E-state index contributed by atoms with van der Waals surface area (Å²) in [5.74, 6) is 0.458. The van der Waals surface area contributed by atoms with Crippen LogP contribution in [0.5, 0.6) is 11.5 Å². The standard InChI is InChI=1S/C11H11ClO4/c1-15-9-2-3-10(8(6-9)7-13)16-11(14)4-5-12/h2-3,6-7H,4-5H2,1H3. The number of hydrogen-bond acceptors (Lipinski definition) is 4. The molecule has 5 heteroatoms. The minimum Gasteiger partial charge on any atom is -0.497 e. The summed E-state index contributed by atoms with van der Waals surface area (Å²) in [6.45, 7) is 0. The number of benzene rings is 1. The Balaban J connectivity index is 2.87. The SMILES string of the molecule is COc1ccc(OC(=O)CCCl)c(C=O)c1. The zero-order valence-electron chi connectivity index (χ0n) is 8.73. The Morgan fingerprint density at radius 1 is 1.50 bits per heavy atom. The average Bonchev–Trinajstić information content (AvgIpc) is 2.30. The second kappa shape index (κ2) is 6.12. The molecule has 1 aromatic carbocycles. The van der Waals surface area contributed by atoms with Crippen molar-refractivity contribution in [1.82, 2.24) is 0 Å². The van der Waals surface area contributed by atoms with Crippen molar-refractivity contribution >= 4 is 23.9 Å². The molecule has 0 spiro atoms. The van der Waals surface area contributed by atoms with E-state index in [1.165, 1.54) is 19.2 Å². The van der Waals surface area contributed by atoms with E-state index in [0.717, 1.165) is 0 Å². The van der Waals surface area contributed by atoms with Crippen LogP contribution in [0.1, 0.15) is 16.8 Å². The Morgan fingerprint density at radius 2 is 2.25 bits per heavy atom. The molecule has 0 saturated carbocycles. The van der Waals surface area contributed by atoms with Gasteiger partial charge in [-0.05, 0) is 18.2 Å². The zero-order chi connectivity index (χ0) is 12.0. The minimum atomic E-state index is -0.469. The molecule has 0 N–H and O–H groups in total. The van der Waals surface area contributed by atoms with Gasteiger partial charge in [-0.3, -0.25) is 9.59 Å². The van der Waals surface area contributed by atoms with Crippen molar-refractivity contribution < 1.29 is 19.1 Å². The Morgan fingerprint density at radius 3 is 2.81 bits per heavy atom. The predicted molar refractivity (Wildman–Crippen MR) is 59.4 cm³/mol. The lowest BCUT2D eigenvalue weighted by molar-refractivity contribution is -0.133. The molecule has 4 nitrogen and oxygen atoms in total. The van der Waals surface area contributed by atoms with Crippen LogP contribution >= 0.6 is 11.6 Å². The van der Waals surface area contributed by atoms with E-state index in [4.69, 9.17) is 21.1 Å². The number of ether oxygens (including phenoxy) is 2. The first kappa shape index (κ1) is 12.5. The highest BCUT2D eigenvalue weighted by atomic mass is 35.5. The molecule has 0 aromatic heterocycles. The van der Waals surface area contributed by atoms with E-state index in [9.17, 15) is 9.59 Å². The van der Waals surface area contributed by atoms with Gasteiger partial charge in [0, 0.05) is 5.88 Å². The molecule has 0 atom stereocenters. The van der Waals surface area contributed by atoms with Crippen LogP contribution in [-0.4, -0.2) is 25.2 Å². The maximum Gasteiger partial charge on any atom is 0.312 e. The third-order valence-corrected chi connectivity index (χ3v) is 2.06. The van der Waals surface area contributed by atoms with Crippen molar-refractivity contribution in [2.75, 3.05) is 13.0 Å². The second-order valence-corrected chi connectivity index (χ2v) is 3.31. The summed E-state index contributed by atoms with van der Waals surface area (Å²) in [7, 11) is 1.49. The smallest absolute Gasteiger partial charge is 0.312 e. The third-order valence-electron chi connectivity index (χ3n) is 1.87. The Bertz CT molecular complexity index is 390. The minimum absolute atomic E-state index is 0.103. The van der Waals surface area contributed by atoms with Gasteiger partial charge in [0.25, 0.3) is 0 Å². The van der Waals surface area contributed by atoms with Crippen LogP contribution in [0.25, 0.3) is 0 Å². The molecule has 0 unspecified atom stereocenters. The number of esters is 1. The number of hydrogen-bond donors (Lipinski definition) is 0. The average molecular weight is 243 g/mol. The third kappa shape index (κ3) is 3.24. The van der Waals surface area contributed by atoms with E-state index in [1.54, 1.807) is 6.07 Å². The lowest BCUT2D eigenvalue weighted by Gasteiger charge is -2.07. The predicted octanol–water partition coefficient (Wildman–Crippen LogP) is 2.04. The van der Waals surface area contributed by atoms with Crippen molar-refractivity contribution in [3.63, 3.8) is 0 Å². The highest BCUT2D eigenvalue weighted by Gasteiger charge is 2.09. The van der Waals surface area contributed by atoms with E-state index in [1.807, 2.05) is 0 Å². The van der Waals surface area contributed by atoms with Gasteiger partial charge in [0.2, 0.25) is 0 Å². The molecule has 0 radical (unpaired) electrons. The molecule has 1 aromatic rings. The molecular weight excluding hydrogens is 232 g/mol. The van der Waals surface area contributed by atoms with Gasteiger partial charge in [-0.2, -0.15) is 0 Å². The molecule has 0 amide bonds. The number of carbonyl (C=O) groups is 2. The number of carbonyl (C=O) groups excluding carboxylic acids is 2. The van der Waals surface area contributed by atoms with Gasteiger partial charge < -0.3 is 9.47 Å². The molecule has 0 bridgehead atoms. The largest absolute Gasteiger partial charge is 0.497 e. The monoisotopic (exact) mass is 242 g/mol. The fourth-order valence-corrected chi connectivity index (χ4v) is 1.24. The summed E-state index contributed by atoms with van der Waals surface area (Å²) in [5, 5.41) is 0. The van der Waals surface area contributed by atoms with Gasteiger partial charge in [-0.15, -0.1) is 11.6 Å². The van der Waals surface area contributed by atoms with Crippen LogP contribution in [0.2, 0.25) is 0 Å². The van der Waals surface area contributed by atoms with Crippen molar-refractivity contribution in [3.8, 4) is 11.5 Å². The van der Waals surface area contributed by atoms with Crippen molar-refractivity contribution in [2.45, 2.75) is 6.42 Å². The maximum atomic E-state index is 11.2. The molecule has 0 heterocycles. The molecule has 0 fully saturated rings. The number of methoxy groups -OCH3 is 1. The van der Waals surface area contributed by atoms with Crippen LogP contribution in [0.15, 0.2) is 18.2 Å².